The average Bonchev–Trinajstić information content (AvgIpc) is 2.59. The van der Waals surface area contributed by atoms with Crippen molar-refractivity contribution in [2.75, 3.05) is 14.2 Å². The highest BCUT2D eigenvalue weighted by Gasteiger charge is 2.16. The topological polar surface area (TPSA) is 39.1 Å². The zero-order valence-electron chi connectivity index (χ0n) is 12.0. The molecule has 2 atom stereocenters. The Morgan fingerprint density at radius 2 is 2.11 bits per heavy atom. The van der Waals surface area contributed by atoms with Crippen LogP contribution >= 0.6 is 11.6 Å². The monoisotopic (exact) mass is 273 g/mol. The molecule has 0 saturated heterocycles. The van der Waals surface area contributed by atoms with Crippen LogP contribution < -0.4 is 5.32 Å². The molecular weight excluding hydrogens is 250 g/mol. The van der Waals surface area contributed by atoms with E-state index in [0.717, 1.165) is 35.7 Å². The summed E-state index contributed by atoms with van der Waals surface area (Å²) in [5.41, 5.74) is 1.99. The van der Waals surface area contributed by atoms with Crippen molar-refractivity contribution in [3.63, 3.8) is 0 Å². The Hall–Kier alpha value is -0.580. The Labute approximate surface area is 115 Å². The minimum Gasteiger partial charge on any atom is -0.382 e. The number of nitrogens with zero attached hydrogens (tertiary/aromatic N) is 2. The van der Waals surface area contributed by atoms with Gasteiger partial charge in [0, 0.05) is 26.6 Å². The summed E-state index contributed by atoms with van der Waals surface area (Å²) in [4.78, 5) is 0. The number of ether oxygens (including phenoxy) is 1. The summed E-state index contributed by atoms with van der Waals surface area (Å²) in [7, 11) is 5.68. The third-order valence-corrected chi connectivity index (χ3v) is 3.93. The highest BCUT2D eigenvalue weighted by atomic mass is 35.5. The SMILES string of the molecule is CNC(CCC(C)OC)Cc1c(Cl)c(C)nn1C. The fourth-order valence-electron chi connectivity index (χ4n) is 2.04. The molecule has 1 N–H and O–H groups in total. The second kappa shape index (κ2) is 7.12. The predicted molar refractivity (Wildman–Crippen MR) is 75.2 cm³/mol. The molecule has 1 rings (SSSR count). The van der Waals surface area contributed by atoms with Crippen molar-refractivity contribution in [3.05, 3.63) is 16.4 Å². The third kappa shape index (κ3) is 3.97. The van der Waals surface area contributed by atoms with Crippen LogP contribution in [0.15, 0.2) is 0 Å². The Bertz CT molecular complexity index is 379. The zero-order chi connectivity index (χ0) is 13.7. The predicted octanol–water partition coefficient (Wildman–Crippen LogP) is 2.33. The molecule has 0 aliphatic carbocycles. The number of aryl methyl sites for hydroxylation is 2. The lowest BCUT2D eigenvalue weighted by Crippen LogP contribution is -2.29. The fourth-order valence-corrected chi connectivity index (χ4v) is 2.27. The van der Waals surface area contributed by atoms with E-state index in [2.05, 4.69) is 17.3 Å². The minimum absolute atomic E-state index is 0.296. The molecule has 104 valence electrons. The van der Waals surface area contributed by atoms with E-state index in [0.29, 0.717) is 12.1 Å². The maximum absolute atomic E-state index is 6.27. The van der Waals surface area contributed by atoms with Crippen LogP contribution in [-0.4, -0.2) is 36.1 Å². The van der Waals surface area contributed by atoms with E-state index in [-0.39, 0.29) is 0 Å². The molecule has 18 heavy (non-hydrogen) atoms. The Kier molecular flexibility index (Phi) is 6.12. The summed E-state index contributed by atoms with van der Waals surface area (Å²) in [6.45, 7) is 4.03. The van der Waals surface area contributed by atoms with E-state index in [1.807, 2.05) is 25.7 Å². The van der Waals surface area contributed by atoms with Gasteiger partial charge < -0.3 is 10.1 Å². The van der Waals surface area contributed by atoms with Crippen LogP contribution in [0, 0.1) is 6.92 Å². The van der Waals surface area contributed by atoms with Crippen LogP contribution in [0.25, 0.3) is 0 Å². The van der Waals surface area contributed by atoms with Gasteiger partial charge in [0.05, 0.1) is 22.5 Å². The van der Waals surface area contributed by atoms with Gasteiger partial charge in [-0.3, -0.25) is 4.68 Å². The van der Waals surface area contributed by atoms with Crippen molar-refractivity contribution < 1.29 is 4.74 Å². The zero-order valence-corrected chi connectivity index (χ0v) is 12.7. The Morgan fingerprint density at radius 3 is 2.56 bits per heavy atom. The summed E-state index contributed by atoms with van der Waals surface area (Å²) in [6.07, 6.45) is 3.29. The average molecular weight is 274 g/mol. The second-order valence-corrected chi connectivity index (χ2v) is 5.16. The molecule has 1 aromatic heterocycles. The maximum Gasteiger partial charge on any atom is 0.0847 e. The number of halogens is 1. The Balaban J connectivity index is 2.62. The maximum atomic E-state index is 6.27. The second-order valence-electron chi connectivity index (χ2n) is 4.78. The van der Waals surface area contributed by atoms with E-state index in [1.165, 1.54) is 0 Å². The number of aromatic nitrogens is 2. The van der Waals surface area contributed by atoms with Gasteiger partial charge in [-0.05, 0) is 33.7 Å². The van der Waals surface area contributed by atoms with Gasteiger partial charge in [0.2, 0.25) is 0 Å². The van der Waals surface area contributed by atoms with Crippen molar-refractivity contribution in [1.82, 2.24) is 15.1 Å². The molecule has 0 aliphatic heterocycles. The lowest BCUT2D eigenvalue weighted by molar-refractivity contribution is 0.106. The van der Waals surface area contributed by atoms with Crippen LogP contribution in [0.2, 0.25) is 5.02 Å². The largest absolute Gasteiger partial charge is 0.382 e. The molecule has 0 aliphatic rings. The molecule has 0 saturated carbocycles. The van der Waals surface area contributed by atoms with Gasteiger partial charge in [0.15, 0.2) is 0 Å². The quantitative estimate of drug-likeness (QED) is 0.829. The van der Waals surface area contributed by atoms with Gasteiger partial charge in [-0.25, -0.2) is 0 Å². The highest BCUT2D eigenvalue weighted by Crippen LogP contribution is 2.21. The molecule has 0 amide bonds. The summed E-state index contributed by atoms with van der Waals surface area (Å²) < 4.78 is 7.15. The summed E-state index contributed by atoms with van der Waals surface area (Å²) >= 11 is 6.27. The number of hydrogen-bond acceptors (Lipinski definition) is 3. The summed E-state index contributed by atoms with van der Waals surface area (Å²) in [6, 6.07) is 0.398. The third-order valence-electron chi connectivity index (χ3n) is 3.43. The minimum atomic E-state index is 0.296. The molecule has 0 radical (unpaired) electrons. The molecule has 5 heteroatoms. The standard InChI is InChI=1S/C13H24ClN3O/c1-9(18-5)6-7-11(15-3)8-12-13(14)10(2)16-17(12)4/h9,11,15H,6-8H2,1-5H3. The molecule has 0 fully saturated rings. The van der Waals surface area contributed by atoms with Crippen molar-refractivity contribution in [2.45, 2.75) is 45.3 Å². The first kappa shape index (κ1) is 15.5. The van der Waals surface area contributed by atoms with Gasteiger partial charge in [-0.15, -0.1) is 0 Å². The molecule has 1 heterocycles. The van der Waals surface area contributed by atoms with Gasteiger partial charge in [0.1, 0.15) is 0 Å². The van der Waals surface area contributed by atoms with E-state index in [4.69, 9.17) is 16.3 Å². The molecule has 0 aromatic carbocycles. The molecule has 0 bridgehead atoms. The van der Waals surface area contributed by atoms with Crippen LogP contribution in [0.5, 0.6) is 0 Å². The van der Waals surface area contributed by atoms with Crippen LogP contribution in [-0.2, 0) is 18.2 Å². The molecule has 1 aromatic rings. The normalized spacial score (nSPS) is 14.8. The summed E-state index contributed by atoms with van der Waals surface area (Å²) in [5.74, 6) is 0. The first-order valence-electron chi connectivity index (χ1n) is 6.37. The van der Waals surface area contributed by atoms with E-state index in [1.54, 1.807) is 7.11 Å². The van der Waals surface area contributed by atoms with Crippen LogP contribution in [0.1, 0.15) is 31.2 Å². The van der Waals surface area contributed by atoms with Gasteiger partial charge in [-0.2, -0.15) is 5.10 Å². The molecule has 4 nitrogen and oxygen atoms in total. The number of likely N-dealkylation sites (N-methyl/N-ethyl adjacent to an activating group) is 1. The highest BCUT2D eigenvalue weighted by molar-refractivity contribution is 6.31. The van der Waals surface area contributed by atoms with Gasteiger partial charge in [-0.1, -0.05) is 11.6 Å². The first-order valence-corrected chi connectivity index (χ1v) is 6.75. The molecule has 2 unspecified atom stereocenters. The van der Waals surface area contributed by atoms with Gasteiger partial charge >= 0.3 is 0 Å². The smallest absolute Gasteiger partial charge is 0.0847 e. The fraction of sp³-hybridized carbons (Fsp3) is 0.769. The van der Waals surface area contributed by atoms with E-state index in [9.17, 15) is 0 Å². The van der Waals surface area contributed by atoms with Crippen molar-refractivity contribution in [1.29, 1.82) is 0 Å². The molecular formula is C13H24ClN3O. The van der Waals surface area contributed by atoms with Gasteiger partial charge in [0.25, 0.3) is 0 Å². The van der Waals surface area contributed by atoms with E-state index < -0.39 is 0 Å². The number of hydrogen-bond donors (Lipinski definition) is 1. The lowest BCUT2D eigenvalue weighted by Gasteiger charge is -2.18. The van der Waals surface area contributed by atoms with Crippen LogP contribution in [0.4, 0.5) is 0 Å². The van der Waals surface area contributed by atoms with Crippen molar-refractivity contribution >= 4 is 11.6 Å². The molecule has 0 spiro atoms. The number of rotatable bonds is 7. The lowest BCUT2D eigenvalue weighted by atomic mass is 10.0. The Morgan fingerprint density at radius 1 is 1.44 bits per heavy atom. The number of methoxy groups -OCH3 is 1. The van der Waals surface area contributed by atoms with E-state index >= 15 is 0 Å². The van der Waals surface area contributed by atoms with Crippen LogP contribution in [0.3, 0.4) is 0 Å². The summed E-state index contributed by atoms with van der Waals surface area (Å²) in [5, 5.41) is 8.47. The number of nitrogens with one attached hydrogen (secondary N) is 1. The first-order chi connectivity index (χ1) is 8.49. The van der Waals surface area contributed by atoms with Crippen molar-refractivity contribution in [3.8, 4) is 0 Å². The van der Waals surface area contributed by atoms with Crippen molar-refractivity contribution in [2.24, 2.45) is 7.05 Å².